The molecule has 2 rings (SSSR count). The number of hydrogen-bond donors (Lipinski definition) is 1. The Bertz CT molecular complexity index is 459. The summed E-state index contributed by atoms with van der Waals surface area (Å²) in [5.74, 6) is 1.34. The summed E-state index contributed by atoms with van der Waals surface area (Å²) in [6, 6.07) is 5.81. The maximum atomic E-state index is 10.9. The van der Waals surface area contributed by atoms with Crippen LogP contribution in [0.3, 0.4) is 0 Å². The molecule has 0 bridgehead atoms. The Morgan fingerprint density at radius 3 is 2.61 bits per heavy atom. The van der Waals surface area contributed by atoms with Gasteiger partial charge in [0.15, 0.2) is 0 Å². The van der Waals surface area contributed by atoms with E-state index in [4.69, 9.17) is 0 Å². The molecule has 1 aromatic carbocycles. The Labute approximate surface area is 108 Å². The van der Waals surface area contributed by atoms with Crippen LogP contribution in [0.25, 0.3) is 0 Å². The largest absolute Gasteiger partial charge is 0.382 e. The van der Waals surface area contributed by atoms with E-state index in [0.29, 0.717) is 17.5 Å². The Hall–Kier alpha value is -1.58. The summed E-state index contributed by atoms with van der Waals surface area (Å²) in [5.41, 5.74) is 1.76. The molecule has 4 heteroatoms. The number of benzene rings is 1. The van der Waals surface area contributed by atoms with Gasteiger partial charge in [0.2, 0.25) is 0 Å². The molecule has 1 aliphatic rings. The highest BCUT2D eigenvalue weighted by molar-refractivity contribution is 5.55. The van der Waals surface area contributed by atoms with Gasteiger partial charge in [0, 0.05) is 23.4 Å². The fourth-order valence-electron chi connectivity index (χ4n) is 2.68. The molecular weight excluding hydrogens is 228 g/mol. The zero-order chi connectivity index (χ0) is 13.3. The normalized spacial score (nSPS) is 27.2. The van der Waals surface area contributed by atoms with E-state index >= 15 is 0 Å². The number of hydrogen-bond acceptors (Lipinski definition) is 3. The van der Waals surface area contributed by atoms with Crippen molar-refractivity contribution in [3.63, 3.8) is 0 Å². The number of nitro benzene ring substituents is 1. The first-order valence-corrected chi connectivity index (χ1v) is 6.50. The fourth-order valence-corrected chi connectivity index (χ4v) is 2.68. The van der Waals surface area contributed by atoms with Crippen LogP contribution in [0, 0.1) is 28.9 Å². The lowest BCUT2D eigenvalue weighted by atomic mass is 9.97. The van der Waals surface area contributed by atoms with Crippen molar-refractivity contribution in [2.45, 2.75) is 39.7 Å². The standard InChI is InChI=1S/C14H20N2O2/c1-9-5-7-13(11(9)3)15-12-6-4-10(2)14(8-12)16(17)18/h4,6,8-9,11,13,15H,5,7H2,1-3H3. The lowest BCUT2D eigenvalue weighted by Crippen LogP contribution is -2.24. The first-order valence-electron chi connectivity index (χ1n) is 6.50. The molecule has 0 spiro atoms. The summed E-state index contributed by atoms with van der Waals surface area (Å²) in [4.78, 5) is 10.6. The Morgan fingerprint density at radius 1 is 1.33 bits per heavy atom. The topological polar surface area (TPSA) is 55.2 Å². The van der Waals surface area contributed by atoms with Gasteiger partial charge in [-0.25, -0.2) is 0 Å². The molecule has 0 saturated heterocycles. The summed E-state index contributed by atoms with van der Waals surface area (Å²) in [6.45, 7) is 6.28. The molecule has 0 heterocycles. The van der Waals surface area contributed by atoms with Crippen molar-refractivity contribution in [3.05, 3.63) is 33.9 Å². The minimum absolute atomic E-state index is 0.193. The van der Waals surface area contributed by atoms with Gasteiger partial charge in [-0.2, -0.15) is 0 Å². The van der Waals surface area contributed by atoms with Crippen molar-refractivity contribution in [1.82, 2.24) is 0 Å². The molecule has 98 valence electrons. The number of nitrogens with zero attached hydrogens (tertiary/aromatic N) is 1. The summed E-state index contributed by atoms with van der Waals surface area (Å²) in [6.07, 6.45) is 2.37. The van der Waals surface area contributed by atoms with Gasteiger partial charge in [-0.1, -0.05) is 19.9 Å². The average Bonchev–Trinajstić information content (AvgIpc) is 2.63. The molecule has 18 heavy (non-hydrogen) atoms. The van der Waals surface area contributed by atoms with Crippen molar-refractivity contribution in [3.8, 4) is 0 Å². The molecule has 3 atom stereocenters. The molecular formula is C14H20N2O2. The van der Waals surface area contributed by atoms with Gasteiger partial charge in [0.25, 0.3) is 5.69 Å². The van der Waals surface area contributed by atoms with Crippen molar-refractivity contribution < 1.29 is 4.92 Å². The zero-order valence-corrected chi connectivity index (χ0v) is 11.1. The Balaban J connectivity index is 2.15. The minimum Gasteiger partial charge on any atom is -0.382 e. The van der Waals surface area contributed by atoms with Gasteiger partial charge in [-0.05, 0) is 37.7 Å². The highest BCUT2D eigenvalue weighted by atomic mass is 16.6. The first kappa shape index (κ1) is 12.9. The van der Waals surface area contributed by atoms with Crippen molar-refractivity contribution in [2.24, 2.45) is 11.8 Å². The number of rotatable bonds is 3. The van der Waals surface area contributed by atoms with Crippen LogP contribution in [0.5, 0.6) is 0 Å². The minimum atomic E-state index is -0.318. The average molecular weight is 248 g/mol. The quantitative estimate of drug-likeness (QED) is 0.654. The number of nitro groups is 1. The van der Waals surface area contributed by atoms with Crippen LogP contribution in [0.4, 0.5) is 11.4 Å². The van der Waals surface area contributed by atoms with Gasteiger partial charge >= 0.3 is 0 Å². The van der Waals surface area contributed by atoms with Crippen molar-refractivity contribution in [1.29, 1.82) is 0 Å². The van der Waals surface area contributed by atoms with Crippen LogP contribution in [0.15, 0.2) is 18.2 Å². The lowest BCUT2D eigenvalue weighted by molar-refractivity contribution is -0.385. The predicted octanol–water partition coefficient (Wildman–Crippen LogP) is 3.75. The van der Waals surface area contributed by atoms with Gasteiger partial charge in [-0.15, -0.1) is 0 Å². The monoisotopic (exact) mass is 248 g/mol. The molecule has 1 aromatic rings. The third-order valence-corrected chi connectivity index (χ3v) is 4.22. The summed E-state index contributed by atoms with van der Waals surface area (Å²) >= 11 is 0. The molecule has 1 saturated carbocycles. The van der Waals surface area contributed by atoms with E-state index in [1.165, 1.54) is 6.42 Å². The fraction of sp³-hybridized carbons (Fsp3) is 0.571. The maximum Gasteiger partial charge on any atom is 0.274 e. The third kappa shape index (κ3) is 2.47. The third-order valence-electron chi connectivity index (χ3n) is 4.22. The van der Waals surface area contributed by atoms with E-state index < -0.39 is 0 Å². The number of anilines is 1. The summed E-state index contributed by atoms with van der Waals surface area (Å²) in [5, 5.41) is 14.3. The molecule has 0 aromatic heterocycles. The van der Waals surface area contributed by atoms with Gasteiger partial charge < -0.3 is 5.32 Å². The Kier molecular flexibility index (Phi) is 3.55. The molecule has 1 N–H and O–H groups in total. The van der Waals surface area contributed by atoms with Crippen molar-refractivity contribution in [2.75, 3.05) is 5.32 Å². The van der Waals surface area contributed by atoms with E-state index in [2.05, 4.69) is 19.2 Å². The summed E-state index contributed by atoms with van der Waals surface area (Å²) < 4.78 is 0. The first-order chi connectivity index (χ1) is 8.49. The van der Waals surface area contributed by atoms with E-state index in [0.717, 1.165) is 18.0 Å². The highest BCUT2D eigenvalue weighted by Crippen LogP contribution is 2.34. The smallest absolute Gasteiger partial charge is 0.274 e. The second-order valence-electron chi connectivity index (χ2n) is 5.42. The van der Waals surface area contributed by atoms with Gasteiger partial charge in [-0.3, -0.25) is 10.1 Å². The molecule has 3 unspecified atom stereocenters. The van der Waals surface area contributed by atoms with E-state index in [-0.39, 0.29) is 10.6 Å². The molecule has 4 nitrogen and oxygen atoms in total. The molecule has 0 amide bonds. The van der Waals surface area contributed by atoms with Gasteiger partial charge in [0.05, 0.1) is 4.92 Å². The summed E-state index contributed by atoms with van der Waals surface area (Å²) in [7, 11) is 0. The molecule has 1 aliphatic carbocycles. The molecule has 0 radical (unpaired) electrons. The van der Waals surface area contributed by atoms with Crippen molar-refractivity contribution >= 4 is 11.4 Å². The van der Waals surface area contributed by atoms with Crippen LogP contribution in [-0.2, 0) is 0 Å². The van der Waals surface area contributed by atoms with Crippen LogP contribution in [-0.4, -0.2) is 11.0 Å². The highest BCUT2D eigenvalue weighted by Gasteiger charge is 2.29. The van der Waals surface area contributed by atoms with E-state index in [1.807, 2.05) is 12.1 Å². The van der Waals surface area contributed by atoms with E-state index in [9.17, 15) is 10.1 Å². The predicted molar refractivity (Wildman–Crippen MR) is 72.8 cm³/mol. The number of aryl methyl sites for hydroxylation is 1. The second kappa shape index (κ2) is 4.96. The lowest BCUT2D eigenvalue weighted by Gasteiger charge is -2.20. The van der Waals surface area contributed by atoms with E-state index in [1.54, 1.807) is 13.0 Å². The van der Waals surface area contributed by atoms with Crippen LogP contribution >= 0.6 is 0 Å². The maximum absolute atomic E-state index is 10.9. The van der Waals surface area contributed by atoms with Gasteiger partial charge in [0.1, 0.15) is 0 Å². The second-order valence-corrected chi connectivity index (χ2v) is 5.42. The number of nitrogens with one attached hydrogen (secondary N) is 1. The van der Waals surface area contributed by atoms with Crippen LogP contribution < -0.4 is 5.32 Å². The SMILES string of the molecule is Cc1ccc(NC2CCC(C)C2C)cc1[N+](=O)[O-]. The molecule has 0 aliphatic heterocycles. The van der Waals surface area contributed by atoms with Crippen LogP contribution in [0.1, 0.15) is 32.3 Å². The molecule has 1 fully saturated rings. The zero-order valence-electron chi connectivity index (χ0n) is 11.1. The van der Waals surface area contributed by atoms with Crippen LogP contribution in [0.2, 0.25) is 0 Å². The Morgan fingerprint density at radius 2 is 2.06 bits per heavy atom.